The summed E-state index contributed by atoms with van der Waals surface area (Å²) >= 11 is 0. The zero-order chi connectivity index (χ0) is 99.3. The summed E-state index contributed by atoms with van der Waals surface area (Å²) in [6.07, 6.45) is 12.8. The maximum absolute atomic E-state index is 2.46. The maximum Gasteiger partial charge on any atom is -0.000706 e. The molecule has 12 aliphatic carbocycles. The molecule has 0 bridgehead atoms. The van der Waals surface area contributed by atoms with Crippen molar-refractivity contribution < 1.29 is 0 Å². The van der Waals surface area contributed by atoms with Gasteiger partial charge in [0, 0.05) is 0 Å². The number of rotatable bonds is 0. The van der Waals surface area contributed by atoms with Crippen LogP contribution in [0.4, 0.5) is 0 Å². The van der Waals surface area contributed by atoms with E-state index in [9.17, 15) is 0 Å². The van der Waals surface area contributed by atoms with E-state index < -0.39 is 0 Å². The van der Waals surface area contributed by atoms with E-state index in [0.29, 0.717) is 0 Å². The number of fused-ring (bicyclic) bond motifs is 48. The second-order valence-corrected chi connectivity index (χ2v) is 44.9. The molecule has 36 rings (SSSR count). The maximum atomic E-state index is 2.46. The molecular formula is C150H108. The van der Waals surface area contributed by atoms with Crippen molar-refractivity contribution in [2.45, 2.75) is 119 Å². The Morgan fingerprint density at radius 1 is 0.113 bits per heavy atom. The Morgan fingerprint density at radius 3 is 0.907 bits per heavy atom. The van der Waals surface area contributed by atoms with Crippen LogP contribution in [-0.4, -0.2) is 0 Å². The fourth-order valence-electron chi connectivity index (χ4n) is 28.8. The SMILES string of the molecule is Cc1cc2c(c3ccccc13)-c1ccc3c(c1C2)Cc1ccccc1-3.Cc1ccc2c(c1)Cc1c-2ccc2c1Cc1ccc3ccccc3c1-2.Cc1ccc2c(c1)Cc1cc3c(cc1-2)Cc1c-3ccc2ccccc12.Cc1ccc2c(c1)Cc1cc3c(cc1-2)Cc1cc2ccccc2cc1-3.Cc1ccc2c3c(ccc2c1)-c1cc2c(cc1C3)-c1ccccc1C2.Cc1ccc2cc3c(cc2c1)Cc1cc2c(cc1-3)Cc1ccccc1-2. The number of hydrogen-bond acceptors (Lipinski definition) is 0. The van der Waals surface area contributed by atoms with Gasteiger partial charge in [0.15, 0.2) is 0 Å². The van der Waals surface area contributed by atoms with Crippen LogP contribution < -0.4 is 0 Å². The van der Waals surface area contributed by atoms with Gasteiger partial charge in [-0.3, -0.25) is 0 Å². The predicted molar refractivity (Wildman–Crippen MR) is 631 cm³/mol. The highest BCUT2D eigenvalue weighted by Gasteiger charge is 2.36. The molecule has 0 N–H and O–H groups in total. The first-order valence-corrected chi connectivity index (χ1v) is 54.3. The van der Waals surface area contributed by atoms with Crippen LogP contribution in [0.5, 0.6) is 0 Å². The lowest BCUT2D eigenvalue weighted by atomic mass is 9.93. The molecular weight excluding hydrogens is 1800 g/mol. The molecule has 0 saturated heterocycles. The third kappa shape index (κ3) is 13.9. The van der Waals surface area contributed by atoms with E-state index in [1.165, 1.54) is 343 Å². The van der Waals surface area contributed by atoms with Crippen LogP contribution in [-0.2, 0) is 77.0 Å². The van der Waals surface area contributed by atoms with Gasteiger partial charge in [-0.25, -0.2) is 0 Å². The summed E-state index contributed by atoms with van der Waals surface area (Å²) < 4.78 is 0. The first-order valence-electron chi connectivity index (χ1n) is 54.3. The van der Waals surface area contributed by atoms with Gasteiger partial charge in [0.2, 0.25) is 0 Å². The molecule has 0 aromatic heterocycles. The van der Waals surface area contributed by atoms with Gasteiger partial charge in [-0.1, -0.05) is 368 Å². The lowest BCUT2D eigenvalue weighted by Gasteiger charge is -2.10. The third-order valence-corrected chi connectivity index (χ3v) is 35.8. The van der Waals surface area contributed by atoms with Crippen LogP contribution in [0.1, 0.15) is 167 Å². The van der Waals surface area contributed by atoms with E-state index in [2.05, 4.69) is 442 Å². The monoisotopic (exact) mass is 1910 g/mol. The van der Waals surface area contributed by atoms with Gasteiger partial charge >= 0.3 is 0 Å². The Kier molecular flexibility index (Phi) is 19.6. The molecule has 0 amide bonds. The minimum Gasteiger partial charge on any atom is -0.0619 e. The Labute approximate surface area is 877 Å². The van der Waals surface area contributed by atoms with E-state index >= 15 is 0 Å². The van der Waals surface area contributed by atoms with Gasteiger partial charge in [-0.15, -0.1) is 0 Å². The number of hydrogen-bond donors (Lipinski definition) is 0. The molecule has 0 spiro atoms. The minimum absolute atomic E-state index is 1.06. The highest BCUT2D eigenvalue weighted by molar-refractivity contribution is 6.07. The molecule has 12 aliphatic rings. The molecule has 150 heavy (non-hydrogen) atoms. The average Bonchev–Trinajstić information content (AvgIpc) is 1.58. The molecule has 0 atom stereocenters. The van der Waals surface area contributed by atoms with E-state index in [1.807, 2.05) is 0 Å². The molecule has 708 valence electrons. The van der Waals surface area contributed by atoms with E-state index in [1.54, 1.807) is 22.3 Å². The van der Waals surface area contributed by atoms with Gasteiger partial charge < -0.3 is 0 Å². The lowest BCUT2D eigenvalue weighted by Crippen LogP contribution is -1.90. The zero-order valence-electron chi connectivity index (χ0n) is 85.6. The van der Waals surface area contributed by atoms with E-state index in [0.717, 1.165) is 77.0 Å². The summed E-state index contributed by atoms with van der Waals surface area (Å²) in [7, 11) is 0. The molecule has 0 aliphatic heterocycles. The first-order chi connectivity index (χ1) is 73.7. The fourth-order valence-corrected chi connectivity index (χ4v) is 28.8. The third-order valence-electron chi connectivity index (χ3n) is 35.8. The van der Waals surface area contributed by atoms with Gasteiger partial charge in [-0.05, 0) is 516 Å². The van der Waals surface area contributed by atoms with Crippen LogP contribution in [0, 0.1) is 41.5 Å². The fraction of sp³-hybridized carbons (Fsp3) is 0.120. The zero-order valence-corrected chi connectivity index (χ0v) is 85.6. The number of aryl methyl sites for hydroxylation is 6. The largest absolute Gasteiger partial charge is 0.0619 e. The molecule has 0 nitrogen and oxygen atoms in total. The van der Waals surface area contributed by atoms with Crippen molar-refractivity contribution in [1.29, 1.82) is 0 Å². The molecule has 0 radical (unpaired) electrons. The summed E-state index contributed by atoms with van der Waals surface area (Å²) in [5.74, 6) is 0. The Hall–Kier alpha value is -17.2. The van der Waals surface area contributed by atoms with Crippen molar-refractivity contribution >= 4 is 64.6 Å². The Bertz CT molecular complexity index is 10100. The van der Waals surface area contributed by atoms with Crippen molar-refractivity contribution in [2.75, 3.05) is 0 Å². The first kappa shape index (κ1) is 87.1. The Morgan fingerprint density at radius 2 is 0.373 bits per heavy atom. The molecule has 24 aromatic carbocycles. The molecule has 0 heteroatoms. The summed E-state index contributed by atoms with van der Waals surface area (Å²) in [4.78, 5) is 0. The van der Waals surface area contributed by atoms with Gasteiger partial charge in [-0.2, -0.15) is 0 Å². The second-order valence-electron chi connectivity index (χ2n) is 44.9. The quantitative estimate of drug-likeness (QED) is 0.142. The van der Waals surface area contributed by atoms with Gasteiger partial charge in [0.05, 0.1) is 0 Å². The normalized spacial score (nSPS) is 13.5. The summed E-state index contributed by atoms with van der Waals surface area (Å²) in [6.45, 7) is 13.1. The molecule has 0 heterocycles. The molecule has 0 fully saturated rings. The van der Waals surface area contributed by atoms with Crippen LogP contribution in [0.25, 0.3) is 198 Å². The predicted octanol–water partition coefficient (Wildman–Crippen LogP) is 37.7. The van der Waals surface area contributed by atoms with Crippen LogP contribution in [0.2, 0.25) is 0 Å². The summed E-state index contributed by atoms with van der Waals surface area (Å²) in [5.41, 5.74) is 78.7. The van der Waals surface area contributed by atoms with Gasteiger partial charge in [0.1, 0.15) is 0 Å². The lowest BCUT2D eigenvalue weighted by molar-refractivity contribution is 1.16. The van der Waals surface area contributed by atoms with Gasteiger partial charge in [0.25, 0.3) is 0 Å². The molecule has 24 aromatic rings. The summed E-state index contributed by atoms with van der Waals surface area (Å²) in [6, 6.07) is 151. The van der Waals surface area contributed by atoms with Crippen molar-refractivity contribution in [2.24, 2.45) is 0 Å². The van der Waals surface area contributed by atoms with E-state index in [-0.39, 0.29) is 0 Å². The standard InChI is InChI=1S/6C25H18/c1-15-12-17-14-24-22(25(17)21-9-5-4-7-18(15)21)11-10-20-19-8-3-2-6-16(19)13-23(20)24;1-15-6-9-19-18(12-15)14-23-21(19)10-11-22-24(23)13-17-8-7-16-4-2-3-5-20(16)25(17)22;1-15-6-8-21-17(10-15)7-9-22-24-12-18-11-16-4-2-3-5-20(16)23(18)13-19(24)14-25(21)22;1-15-6-8-21-17(10-15)11-18-12-24-19(13-23(18)21)14-25-20-5-3-2-4-16(20)7-9-22(24)25;1-15-6-7-16-12-24-19(10-18(16)8-15)11-21-13-23-20(14-25(21)24)9-17-4-2-3-5-22(17)23;1-15-6-7-22-18(8-15)10-20-14-25-21(13-23(20)22)11-19-9-16-4-2-3-5-17(16)12-24(19)25/h2*2-12H,13-14H2,1H3;2*2-10,12-13H,11,14H2,1H3;2-8,10,12-14H,9,11H2,1H3;2-9,12-14H,10-11H2,1H3. The highest BCUT2D eigenvalue weighted by Crippen LogP contribution is 2.56. The van der Waals surface area contributed by atoms with Crippen molar-refractivity contribution in [1.82, 2.24) is 0 Å². The van der Waals surface area contributed by atoms with Crippen LogP contribution in [0.3, 0.4) is 0 Å². The smallest absolute Gasteiger partial charge is 0.000706 e. The minimum atomic E-state index is 1.06. The highest BCUT2D eigenvalue weighted by atomic mass is 14.4. The molecule has 0 unspecified atom stereocenters. The van der Waals surface area contributed by atoms with Crippen LogP contribution in [0.15, 0.2) is 400 Å². The van der Waals surface area contributed by atoms with Crippen molar-refractivity contribution in [3.05, 3.63) is 567 Å². The number of benzene rings is 24. The summed E-state index contributed by atoms with van der Waals surface area (Å²) in [5, 5.41) is 16.5. The topological polar surface area (TPSA) is 0 Å². The molecule has 0 saturated carbocycles. The second kappa shape index (κ2) is 33.7. The average molecular weight is 1910 g/mol. The van der Waals surface area contributed by atoms with E-state index in [4.69, 9.17) is 0 Å². The van der Waals surface area contributed by atoms with Crippen molar-refractivity contribution in [3.8, 4) is 134 Å². The van der Waals surface area contributed by atoms with Crippen molar-refractivity contribution in [3.63, 3.8) is 0 Å². The van der Waals surface area contributed by atoms with Crippen LogP contribution >= 0.6 is 0 Å². The Balaban J connectivity index is 0.0000000810.